The number of hydrogen-bond donors (Lipinski definition) is 0. The summed E-state index contributed by atoms with van der Waals surface area (Å²) >= 11 is 0. The summed E-state index contributed by atoms with van der Waals surface area (Å²) in [4.78, 5) is 2.20. The second-order valence-electron chi connectivity index (χ2n) is 7.82. The first-order valence-electron chi connectivity index (χ1n) is 11.3. The topological polar surface area (TPSA) is 8.17 Å². The molecule has 0 unspecified atom stereocenters. The predicted octanol–water partition coefficient (Wildman–Crippen LogP) is 8.25. The van der Waals surface area contributed by atoms with E-state index in [1.165, 1.54) is 21.8 Å². The number of hydrogen-bond acceptors (Lipinski definition) is 1. The quantitative estimate of drug-likeness (QED) is 0.283. The van der Waals surface area contributed by atoms with E-state index in [1.54, 1.807) is 6.07 Å². The molecule has 0 aliphatic rings. The van der Waals surface area contributed by atoms with Gasteiger partial charge in [0.05, 0.1) is 12.4 Å². The zero-order valence-electron chi connectivity index (χ0n) is 18.5. The summed E-state index contributed by atoms with van der Waals surface area (Å²) in [6, 6.07) is 44.2. The van der Waals surface area contributed by atoms with Gasteiger partial charge in [0.2, 0.25) is 0 Å². The lowest BCUT2D eigenvalue weighted by molar-refractivity contribution is 1.17. The zero-order valence-corrected chi connectivity index (χ0v) is 17.5. The van der Waals surface area contributed by atoms with Crippen molar-refractivity contribution in [2.24, 2.45) is 0 Å². The lowest BCUT2D eigenvalue weighted by Gasteiger charge is -2.26. The molecule has 0 radical (unpaired) electrons. The van der Waals surface area contributed by atoms with E-state index in [-0.39, 0.29) is 0 Å². The smallest absolute Gasteiger partial charge is 0.0623 e. The van der Waals surface area contributed by atoms with E-state index in [0.717, 1.165) is 22.7 Å². The van der Waals surface area contributed by atoms with E-state index in [4.69, 9.17) is 1.37 Å². The Morgan fingerprint density at radius 2 is 1.06 bits per heavy atom. The summed E-state index contributed by atoms with van der Waals surface area (Å²) in [5.41, 5.74) is 6.56. The van der Waals surface area contributed by atoms with Gasteiger partial charge in [-0.25, -0.2) is 0 Å². The highest BCUT2D eigenvalue weighted by molar-refractivity contribution is 6.09. The molecule has 0 bridgehead atoms. The normalized spacial score (nSPS) is 11.6. The van der Waals surface area contributed by atoms with E-state index in [1.807, 2.05) is 30.3 Å². The third-order valence-electron chi connectivity index (χ3n) is 5.89. The molecule has 2 heteroatoms. The summed E-state index contributed by atoms with van der Waals surface area (Å²) in [5, 5.41) is 2.50. The number of benzene rings is 5. The molecule has 0 saturated heterocycles. The molecule has 32 heavy (non-hydrogen) atoms. The molecule has 0 aliphatic carbocycles. The van der Waals surface area contributed by atoms with Crippen LogP contribution in [-0.4, -0.2) is 4.57 Å². The van der Waals surface area contributed by atoms with Crippen LogP contribution in [0.5, 0.6) is 0 Å². The standard InChI is InChI=1S/C30H22N2/c1-3-12-23(13-4-1)31(24-14-5-2-6-15-24)25-16-11-17-26(22-25)32-29-20-9-7-18-27(29)28-19-8-10-21-30(28)32/h1-22H/i3T. The van der Waals surface area contributed by atoms with Crippen molar-refractivity contribution < 1.29 is 1.37 Å². The van der Waals surface area contributed by atoms with Crippen LogP contribution in [-0.2, 0) is 0 Å². The maximum Gasteiger partial charge on any atom is 0.0623 e. The largest absolute Gasteiger partial charge is 0.310 e. The molecule has 0 atom stereocenters. The number of para-hydroxylation sites is 4. The number of anilines is 3. The van der Waals surface area contributed by atoms with Gasteiger partial charge in [0.25, 0.3) is 0 Å². The molecule has 0 fully saturated rings. The first-order chi connectivity index (χ1) is 16.3. The minimum atomic E-state index is 0.493. The van der Waals surface area contributed by atoms with E-state index in [2.05, 4.69) is 100 Å². The predicted molar refractivity (Wildman–Crippen MR) is 135 cm³/mol. The lowest BCUT2D eigenvalue weighted by Crippen LogP contribution is -2.10. The van der Waals surface area contributed by atoms with Crippen LogP contribution in [0.4, 0.5) is 17.1 Å². The fraction of sp³-hybridized carbons (Fsp3) is 0. The second kappa shape index (κ2) is 7.75. The summed E-state index contributed by atoms with van der Waals surface area (Å²) in [5.74, 6) is 0. The van der Waals surface area contributed by atoms with Gasteiger partial charge in [-0.1, -0.05) is 78.8 Å². The SMILES string of the molecule is [3H]c1cccc(N(c2ccccc2)c2cccc(-n3c4ccccc4c4ccccc43)c2)c1. The third kappa shape index (κ3) is 3.05. The number of fused-ring (bicyclic) bond motifs is 3. The van der Waals surface area contributed by atoms with Crippen molar-refractivity contribution >= 4 is 38.9 Å². The molecule has 0 saturated carbocycles. The van der Waals surface area contributed by atoms with E-state index < -0.39 is 0 Å². The van der Waals surface area contributed by atoms with E-state index in [0.29, 0.717) is 6.04 Å². The number of nitrogens with zero attached hydrogens (tertiary/aromatic N) is 2. The summed E-state index contributed by atoms with van der Waals surface area (Å²) in [6.45, 7) is 0. The number of aromatic nitrogens is 1. The fourth-order valence-corrected chi connectivity index (χ4v) is 4.52. The summed E-state index contributed by atoms with van der Waals surface area (Å²) in [7, 11) is 0. The third-order valence-corrected chi connectivity index (χ3v) is 5.89. The van der Waals surface area contributed by atoms with Gasteiger partial charge in [0.15, 0.2) is 0 Å². The molecule has 152 valence electrons. The molecule has 0 aliphatic heterocycles. The molecule has 0 spiro atoms. The first kappa shape index (κ1) is 17.4. The monoisotopic (exact) mass is 412 g/mol. The van der Waals surface area contributed by atoms with E-state index in [9.17, 15) is 0 Å². The van der Waals surface area contributed by atoms with Crippen LogP contribution >= 0.6 is 0 Å². The van der Waals surface area contributed by atoms with Gasteiger partial charge in [-0.15, -0.1) is 0 Å². The minimum absolute atomic E-state index is 0.493. The van der Waals surface area contributed by atoms with Crippen LogP contribution in [0, 0.1) is 0 Å². The molecule has 1 heterocycles. The molecule has 6 rings (SSSR count). The van der Waals surface area contributed by atoms with Crippen LogP contribution in [0.15, 0.2) is 133 Å². The molecule has 2 nitrogen and oxygen atoms in total. The summed E-state index contributed by atoms with van der Waals surface area (Å²) in [6.07, 6.45) is 0. The van der Waals surface area contributed by atoms with Crippen LogP contribution in [0.3, 0.4) is 0 Å². The maximum absolute atomic E-state index is 8.16. The van der Waals surface area contributed by atoms with E-state index >= 15 is 0 Å². The molecular formula is C30H22N2. The lowest BCUT2D eigenvalue weighted by atomic mass is 10.1. The van der Waals surface area contributed by atoms with Crippen LogP contribution in [0.25, 0.3) is 27.5 Å². The van der Waals surface area contributed by atoms with Gasteiger partial charge in [-0.05, 0) is 54.6 Å². The van der Waals surface area contributed by atoms with Crippen molar-refractivity contribution in [3.05, 3.63) is 133 Å². The molecule has 0 amide bonds. The minimum Gasteiger partial charge on any atom is -0.310 e. The Morgan fingerprint density at radius 3 is 1.75 bits per heavy atom. The Kier molecular flexibility index (Phi) is 4.21. The van der Waals surface area contributed by atoms with Crippen molar-refractivity contribution in [3.63, 3.8) is 0 Å². The Labute approximate surface area is 189 Å². The second-order valence-corrected chi connectivity index (χ2v) is 7.82. The van der Waals surface area contributed by atoms with Crippen LogP contribution in [0.2, 0.25) is 0 Å². The van der Waals surface area contributed by atoms with Crippen molar-refractivity contribution in [2.45, 2.75) is 0 Å². The van der Waals surface area contributed by atoms with Crippen LogP contribution in [0.1, 0.15) is 1.37 Å². The molecular weight excluding hydrogens is 388 g/mol. The fourth-order valence-electron chi connectivity index (χ4n) is 4.52. The van der Waals surface area contributed by atoms with Gasteiger partial charge in [0, 0.05) is 33.5 Å². The Hall–Kier alpha value is -4.30. The Balaban J connectivity index is 1.59. The van der Waals surface area contributed by atoms with Crippen molar-refractivity contribution in [2.75, 3.05) is 4.90 Å². The van der Waals surface area contributed by atoms with Crippen molar-refractivity contribution in [1.29, 1.82) is 0 Å². The van der Waals surface area contributed by atoms with Gasteiger partial charge >= 0.3 is 0 Å². The molecule has 1 aromatic heterocycles. The van der Waals surface area contributed by atoms with Gasteiger partial charge in [0.1, 0.15) is 0 Å². The number of rotatable bonds is 4. The van der Waals surface area contributed by atoms with Crippen molar-refractivity contribution in [3.8, 4) is 5.69 Å². The average molecular weight is 413 g/mol. The Morgan fingerprint density at radius 1 is 0.500 bits per heavy atom. The Bertz CT molecular complexity index is 1530. The average Bonchev–Trinajstić information content (AvgIpc) is 3.20. The van der Waals surface area contributed by atoms with Gasteiger partial charge < -0.3 is 9.47 Å². The molecule has 5 aromatic carbocycles. The highest BCUT2D eigenvalue weighted by atomic mass is 15.1. The zero-order chi connectivity index (χ0) is 22.2. The maximum atomic E-state index is 8.16. The van der Waals surface area contributed by atoms with Gasteiger partial charge in [-0.3, -0.25) is 0 Å². The first-order valence-corrected chi connectivity index (χ1v) is 10.8. The highest BCUT2D eigenvalue weighted by Gasteiger charge is 2.15. The van der Waals surface area contributed by atoms with Crippen LogP contribution < -0.4 is 4.90 Å². The summed E-state index contributed by atoms with van der Waals surface area (Å²) < 4.78 is 10.5. The molecule has 6 aromatic rings. The van der Waals surface area contributed by atoms with Crippen molar-refractivity contribution in [1.82, 2.24) is 4.57 Å². The molecule has 0 N–H and O–H groups in total. The van der Waals surface area contributed by atoms with Gasteiger partial charge in [-0.2, -0.15) is 0 Å². The highest BCUT2D eigenvalue weighted by Crippen LogP contribution is 2.37.